The lowest BCUT2D eigenvalue weighted by atomic mass is 10.1. The van der Waals surface area contributed by atoms with Crippen LogP contribution in [-0.2, 0) is 16.0 Å². The van der Waals surface area contributed by atoms with Crippen LogP contribution in [0.3, 0.4) is 0 Å². The van der Waals surface area contributed by atoms with Crippen LogP contribution in [0.15, 0.2) is 22.8 Å². The predicted molar refractivity (Wildman–Crippen MR) is 86.0 cm³/mol. The number of aryl methyl sites for hydroxylation is 1. The van der Waals surface area contributed by atoms with Gasteiger partial charge in [0.2, 0.25) is 5.91 Å². The Kier molecular flexibility index (Phi) is 5.34. The third kappa shape index (κ3) is 5.01. The molecule has 1 atom stereocenters. The van der Waals surface area contributed by atoms with E-state index in [9.17, 15) is 9.59 Å². The first-order valence-electron chi connectivity index (χ1n) is 8.06. The van der Waals surface area contributed by atoms with Gasteiger partial charge in [0.25, 0.3) is 0 Å². The average molecular weight is 322 g/mol. The van der Waals surface area contributed by atoms with Crippen LogP contribution >= 0.6 is 0 Å². The number of hydrogen-bond donors (Lipinski definition) is 0. The number of ether oxygens (including phenoxy) is 1. The molecular weight excluding hydrogens is 296 g/mol. The normalized spacial score (nSPS) is 18.9. The molecule has 6 heteroatoms. The molecule has 1 aliphatic rings. The Morgan fingerprint density at radius 3 is 2.65 bits per heavy atom. The summed E-state index contributed by atoms with van der Waals surface area (Å²) in [5.41, 5.74) is -0.504. The highest BCUT2D eigenvalue weighted by Gasteiger charge is 2.31. The van der Waals surface area contributed by atoms with Gasteiger partial charge in [-0.1, -0.05) is 0 Å². The number of carbonyl (C=O) groups is 2. The van der Waals surface area contributed by atoms with Crippen LogP contribution in [-0.4, -0.2) is 53.1 Å². The molecule has 0 aromatic carbocycles. The molecule has 0 saturated carbocycles. The highest BCUT2D eigenvalue weighted by Crippen LogP contribution is 2.16. The summed E-state index contributed by atoms with van der Waals surface area (Å²) >= 11 is 0. The molecule has 1 saturated heterocycles. The van der Waals surface area contributed by atoms with Gasteiger partial charge in [-0.3, -0.25) is 4.79 Å². The molecule has 2 heterocycles. The summed E-state index contributed by atoms with van der Waals surface area (Å²) in [5, 5.41) is 0. The van der Waals surface area contributed by atoms with E-state index in [1.165, 1.54) is 0 Å². The molecule has 23 heavy (non-hydrogen) atoms. The minimum Gasteiger partial charge on any atom is -0.469 e. The third-order valence-corrected chi connectivity index (χ3v) is 3.76. The molecule has 0 aliphatic carbocycles. The summed E-state index contributed by atoms with van der Waals surface area (Å²) in [6.07, 6.45) is 2.32. The third-order valence-electron chi connectivity index (χ3n) is 3.76. The molecule has 6 nitrogen and oxygen atoms in total. The monoisotopic (exact) mass is 322 g/mol. The molecule has 1 aliphatic heterocycles. The topological polar surface area (TPSA) is 63.0 Å². The van der Waals surface area contributed by atoms with Crippen molar-refractivity contribution >= 4 is 12.0 Å². The second-order valence-corrected chi connectivity index (χ2v) is 6.94. The zero-order chi connectivity index (χ0) is 17.0. The Labute approximate surface area is 137 Å². The lowest BCUT2D eigenvalue weighted by Gasteiger charge is -2.40. The van der Waals surface area contributed by atoms with Gasteiger partial charge in [-0.05, 0) is 39.8 Å². The zero-order valence-corrected chi connectivity index (χ0v) is 14.4. The fourth-order valence-electron chi connectivity index (χ4n) is 2.65. The van der Waals surface area contributed by atoms with Crippen molar-refractivity contribution < 1.29 is 18.7 Å². The Morgan fingerprint density at radius 1 is 1.35 bits per heavy atom. The predicted octanol–water partition coefficient (Wildman–Crippen LogP) is 2.68. The van der Waals surface area contributed by atoms with Gasteiger partial charge in [0.1, 0.15) is 11.4 Å². The van der Waals surface area contributed by atoms with Crippen molar-refractivity contribution in [2.45, 2.75) is 52.2 Å². The molecule has 1 fully saturated rings. The van der Waals surface area contributed by atoms with E-state index in [1.54, 1.807) is 11.2 Å². The van der Waals surface area contributed by atoms with E-state index >= 15 is 0 Å². The SMILES string of the molecule is C[C@@H]1CN(C(=O)OC(C)(C)C)CCN1C(=O)CCc1ccco1. The summed E-state index contributed by atoms with van der Waals surface area (Å²) in [6.45, 7) is 9.06. The Morgan fingerprint density at radius 2 is 2.09 bits per heavy atom. The summed E-state index contributed by atoms with van der Waals surface area (Å²) < 4.78 is 10.6. The van der Waals surface area contributed by atoms with Crippen LogP contribution in [0.4, 0.5) is 4.79 Å². The molecule has 2 amide bonds. The van der Waals surface area contributed by atoms with Crippen LogP contribution in [0.25, 0.3) is 0 Å². The average Bonchev–Trinajstić information content (AvgIpc) is 2.96. The van der Waals surface area contributed by atoms with Gasteiger partial charge in [-0.15, -0.1) is 0 Å². The first-order valence-corrected chi connectivity index (χ1v) is 8.06. The highest BCUT2D eigenvalue weighted by molar-refractivity contribution is 5.77. The van der Waals surface area contributed by atoms with Crippen molar-refractivity contribution in [3.63, 3.8) is 0 Å². The Hall–Kier alpha value is -1.98. The van der Waals surface area contributed by atoms with Crippen LogP contribution in [0, 0.1) is 0 Å². The molecule has 128 valence electrons. The number of rotatable bonds is 3. The van der Waals surface area contributed by atoms with Crippen molar-refractivity contribution in [2.75, 3.05) is 19.6 Å². The van der Waals surface area contributed by atoms with E-state index < -0.39 is 5.60 Å². The van der Waals surface area contributed by atoms with Crippen molar-refractivity contribution in [2.24, 2.45) is 0 Å². The number of carbonyl (C=O) groups excluding carboxylic acids is 2. The lowest BCUT2D eigenvalue weighted by Crippen LogP contribution is -2.56. The van der Waals surface area contributed by atoms with Crippen molar-refractivity contribution in [1.29, 1.82) is 0 Å². The van der Waals surface area contributed by atoms with E-state index in [4.69, 9.17) is 9.15 Å². The molecule has 0 spiro atoms. The minimum atomic E-state index is -0.504. The molecule has 0 unspecified atom stereocenters. The maximum Gasteiger partial charge on any atom is 0.410 e. The number of hydrogen-bond acceptors (Lipinski definition) is 4. The van der Waals surface area contributed by atoms with Crippen LogP contribution in [0.5, 0.6) is 0 Å². The fraction of sp³-hybridized carbons (Fsp3) is 0.647. The zero-order valence-electron chi connectivity index (χ0n) is 14.4. The summed E-state index contributed by atoms with van der Waals surface area (Å²) in [4.78, 5) is 28.0. The molecule has 2 rings (SSSR count). The van der Waals surface area contributed by atoms with Gasteiger partial charge in [0.15, 0.2) is 0 Å². The standard InChI is InChI=1S/C17H26N2O4/c1-13-12-18(16(21)23-17(2,3)4)9-10-19(13)15(20)8-7-14-6-5-11-22-14/h5-6,11,13H,7-10,12H2,1-4H3/t13-/m1/s1. The van der Waals surface area contributed by atoms with Crippen LogP contribution in [0.1, 0.15) is 39.9 Å². The van der Waals surface area contributed by atoms with Crippen molar-refractivity contribution in [1.82, 2.24) is 9.80 Å². The van der Waals surface area contributed by atoms with Crippen molar-refractivity contribution in [3.05, 3.63) is 24.2 Å². The quantitative estimate of drug-likeness (QED) is 0.858. The Balaban J connectivity index is 1.83. The van der Waals surface area contributed by atoms with Gasteiger partial charge in [-0.2, -0.15) is 0 Å². The molecule has 1 aromatic heterocycles. The largest absolute Gasteiger partial charge is 0.469 e. The number of furan rings is 1. The number of piperazine rings is 1. The fourth-order valence-corrected chi connectivity index (χ4v) is 2.65. The van der Waals surface area contributed by atoms with Crippen molar-refractivity contribution in [3.8, 4) is 0 Å². The first kappa shape index (κ1) is 17.4. The first-order chi connectivity index (χ1) is 10.8. The van der Waals surface area contributed by atoms with Crippen LogP contribution < -0.4 is 0 Å². The van der Waals surface area contributed by atoms with Gasteiger partial charge in [0, 0.05) is 38.5 Å². The van der Waals surface area contributed by atoms with Gasteiger partial charge in [-0.25, -0.2) is 4.79 Å². The summed E-state index contributed by atoms with van der Waals surface area (Å²) in [7, 11) is 0. The maximum atomic E-state index is 12.4. The second-order valence-electron chi connectivity index (χ2n) is 6.94. The smallest absolute Gasteiger partial charge is 0.410 e. The molecular formula is C17H26N2O4. The van der Waals surface area contributed by atoms with E-state index in [-0.39, 0.29) is 18.0 Å². The maximum absolute atomic E-state index is 12.4. The highest BCUT2D eigenvalue weighted by atomic mass is 16.6. The van der Waals surface area contributed by atoms with Crippen LogP contribution in [0.2, 0.25) is 0 Å². The summed E-state index contributed by atoms with van der Waals surface area (Å²) in [5.74, 6) is 0.913. The van der Waals surface area contributed by atoms with E-state index in [0.717, 1.165) is 5.76 Å². The molecule has 1 aromatic rings. The van der Waals surface area contributed by atoms with Gasteiger partial charge < -0.3 is 19.0 Å². The molecule has 0 radical (unpaired) electrons. The van der Waals surface area contributed by atoms with E-state index in [0.29, 0.717) is 32.5 Å². The molecule has 0 N–H and O–H groups in total. The number of nitrogens with zero attached hydrogens (tertiary/aromatic N) is 2. The lowest BCUT2D eigenvalue weighted by molar-refractivity contribution is -0.135. The number of amides is 2. The van der Waals surface area contributed by atoms with E-state index in [1.807, 2.05) is 44.7 Å². The van der Waals surface area contributed by atoms with Gasteiger partial charge in [0.05, 0.1) is 6.26 Å². The second kappa shape index (κ2) is 7.06. The Bertz CT molecular complexity index is 533. The minimum absolute atomic E-state index is 0.0135. The summed E-state index contributed by atoms with van der Waals surface area (Å²) in [6, 6.07) is 3.68. The van der Waals surface area contributed by atoms with E-state index in [2.05, 4.69) is 0 Å². The van der Waals surface area contributed by atoms with Gasteiger partial charge >= 0.3 is 6.09 Å². The molecule has 0 bridgehead atoms.